The average molecular weight is 283 g/mol. The number of aromatic amines is 1. The second-order valence-electron chi connectivity index (χ2n) is 4.60. The maximum Gasteiger partial charge on any atom is 0.178 e. The van der Waals surface area contributed by atoms with Gasteiger partial charge in [-0.3, -0.25) is 4.98 Å². The van der Waals surface area contributed by atoms with E-state index in [1.807, 2.05) is 10.6 Å². The Bertz CT molecular complexity index is 745. The number of rotatable bonds is 1. The Morgan fingerprint density at radius 2 is 2.33 bits per heavy atom. The summed E-state index contributed by atoms with van der Waals surface area (Å²) < 4.78 is 26.0. The molecule has 0 saturated carbocycles. The van der Waals surface area contributed by atoms with Gasteiger partial charge in [-0.05, 0) is 31.1 Å². The third-order valence-corrected chi connectivity index (χ3v) is 5.42. The Labute approximate surface area is 110 Å². The number of sulfone groups is 1. The fraction of sp³-hybridized carbons (Fsp3) is 0.455. The van der Waals surface area contributed by atoms with E-state index in [0.717, 1.165) is 17.5 Å². The van der Waals surface area contributed by atoms with Gasteiger partial charge in [0.2, 0.25) is 0 Å². The molecule has 2 aromatic heterocycles. The number of nitrogens with zero attached hydrogens (tertiary/aromatic N) is 2. The van der Waals surface area contributed by atoms with Gasteiger partial charge in [0.15, 0.2) is 14.6 Å². The molecule has 7 heteroatoms. The number of aromatic nitrogens is 3. The number of hydrogen-bond donors (Lipinski definition) is 1. The molecule has 2 aromatic rings. The summed E-state index contributed by atoms with van der Waals surface area (Å²) in [5.41, 5.74) is 1.78. The molecule has 1 aliphatic rings. The van der Waals surface area contributed by atoms with E-state index in [-0.39, 0.29) is 11.8 Å². The number of imidazole rings is 1. The van der Waals surface area contributed by atoms with Crippen LogP contribution in [0.4, 0.5) is 0 Å². The van der Waals surface area contributed by atoms with Crippen LogP contribution in [0.2, 0.25) is 0 Å². The van der Waals surface area contributed by atoms with Gasteiger partial charge in [-0.2, -0.15) is 0 Å². The van der Waals surface area contributed by atoms with Gasteiger partial charge in [0, 0.05) is 6.20 Å². The van der Waals surface area contributed by atoms with E-state index in [9.17, 15) is 8.42 Å². The van der Waals surface area contributed by atoms with Crippen LogP contribution in [0, 0.1) is 4.77 Å². The van der Waals surface area contributed by atoms with Gasteiger partial charge in [-0.15, -0.1) is 0 Å². The second kappa shape index (κ2) is 4.17. The van der Waals surface area contributed by atoms with Gasteiger partial charge in [0.25, 0.3) is 0 Å². The first-order chi connectivity index (χ1) is 8.57. The number of nitrogens with one attached hydrogen (secondary N) is 1. The van der Waals surface area contributed by atoms with Crippen LogP contribution >= 0.6 is 12.2 Å². The lowest BCUT2D eigenvalue weighted by molar-refractivity contribution is 0.475. The molecule has 0 aromatic carbocycles. The first-order valence-corrected chi connectivity index (χ1v) is 8.04. The average Bonchev–Trinajstić information content (AvgIpc) is 2.63. The fourth-order valence-corrected chi connectivity index (χ4v) is 4.58. The molecule has 1 atom stereocenters. The summed E-state index contributed by atoms with van der Waals surface area (Å²) in [4.78, 5) is 7.10. The lowest BCUT2D eigenvalue weighted by Crippen LogP contribution is -2.27. The minimum atomic E-state index is -2.94. The molecule has 96 valence electrons. The summed E-state index contributed by atoms with van der Waals surface area (Å²) in [7, 11) is -2.94. The molecular weight excluding hydrogens is 270 g/mol. The summed E-state index contributed by atoms with van der Waals surface area (Å²) >= 11 is 5.29. The first-order valence-electron chi connectivity index (χ1n) is 5.81. The zero-order valence-electron chi connectivity index (χ0n) is 9.67. The SMILES string of the molecule is O=S1(=O)CCCC(n2c(=S)[nH]c3cnccc32)C1. The lowest BCUT2D eigenvalue weighted by Gasteiger charge is -2.23. The topological polar surface area (TPSA) is 67.8 Å². The molecule has 0 bridgehead atoms. The molecule has 3 rings (SSSR count). The van der Waals surface area contributed by atoms with Crippen molar-refractivity contribution in [1.29, 1.82) is 0 Å². The standard InChI is InChI=1S/C11H13N3O2S2/c15-18(16)5-1-2-8(7-18)14-10-3-4-12-6-9(10)13-11(14)17/h3-4,6,8H,1-2,5,7H2,(H,13,17). The van der Waals surface area contributed by atoms with E-state index in [2.05, 4.69) is 9.97 Å². The Kier molecular flexibility index (Phi) is 2.74. The van der Waals surface area contributed by atoms with E-state index in [1.165, 1.54) is 0 Å². The normalized spacial score (nSPS) is 23.2. The Hall–Kier alpha value is -1.21. The quantitative estimate of drug-likeness (QED) is 0.811. The van der Waals surface area contributed by atoms with Crippen molar-refractivity contribution < 1.29 is 8.42 Å². The molecule has 1 N–H and O–H groups in total. The van der Waals surface area contributed by atoms with Crippen LogP contribution in [0.5, 0.6) is 0 Å². The molecule has 3 heterocycles. The largest absolute Gasteiger partial charge is 0.329 e. The number of H-pyrrole nitrogens is 1. The van der Waals surface area contributed by atoms with Crippen LogP contribution in [0.25, 0.3) is 11.0 Å². The van der Waals surface area contributed by atoms with Crippen molar-refractivity contribution in [2.45, 2.75) is 18.9 Å². The van der Waals surface area contributed by atoms with Crippen molar-refractivity contribution in [3.8, 4) is 0 Å². The summed E-state index contributed by atoms with van der Waals surface area (Å²) in [5, 5.41) is 0. The van der Waals surface area contributed by atoms with Gasteiger partial charge >= 0.3 is 0 Å². The Morgan fingerprint density at radius 1 is 1.50 bits per heavy atom. The van der Waals surface area contributed by atoms with E-state index in [1.54, 1.807) is 12.4 Å². The molecule has 5 nitrogen and oxygen atoms in total. The number of pyridine rings is 1. The predicted octanol–water partition coefficient (Wildman–Crippen LogP) is 1.84. The Balaban J connectivity index is 2.14. The number of hydrogen-bond acceptors (Lipinski definition) is 4. The van der Waals surface area contributed by atoms with Gasteiger partial charge in [-0.25, -0.2) is 8.42 Å². The number of fused-ring (bicyclic) bond motifs is 1. The molecular formula is C11H13N3O2S2. The highest BCUT2D eigenvalue weighted by molar-refractivity contribution is 7.91. The van der Waals surface area contributed by atoms with Gasteiger partial charge < -0.3 is 9.55 Å². The fourth-order valence-electron chi connectivity index (χ4n) is 2.54. The molecule has 1 fully saturated rings. The second-order valence-corrected chi connectivity index (χ2v) is 7.22. The van der Waals surface area contributed by atoms with Gasteiger partial charge in [0.1, 0.15) is 0 Å². The van der Waals surface area contributed by atoms with Crippen molar-refractivity contribution in [2.24, 2.45) is 0 Å². The molecule has 1 saturated heterocycles. The molecule has 0 radical (unpaired) electrons. The van der Waals surface area contributed by atoms with Crippen LogP contribution in [-0.4, -0.2) is 34.5 Å². The maximum atomic E-state index is 11.7. The minimum absolute atomic E-state index is 0.0626. The van der Waals surface area contributed by atoms with Crippen molar-refractivity contribution in [2.75, 3.05) is 11.5 Å². The van der Waals surface area contributed by atoms with Crippen molar-refractivity contribution >= 4 is 33.1 Å². The zero-order chi connectivity index (χ0) is 12.8. The molecule has 0 spiro atoms. The summed E-state index contributed by atoms with van der Waals surface area (Å²) in [6, 6.07) is 1.80. The predicted molar refractivity (Wildman–Crippen MR) is 71.8 cm³/mol. The van der Waals surface area contributed by atoms with Gasteiger partial charge in [0.05, 0.1) is 34.8 Å². The smallest absolute Gasteiger partial charge is 0.178 e. The van der Waals surface area contributed by atoms with Crippen LogP contribution in [-0.2, 0) is 9.84 Å². The molecule has 0 aliphatic carbocycles. The van der Waals surface area contributed by atoms with Crippen LogP contribution in [0.1, 0.15) is 18.9 Å². The minimum Gasteiger partial charge on any atom is -0.329 e. The maximum absolute atomic E-state index is 11.7. The van der Waals surface area contributed by atoms with Crippen LogP contribution in [0.3, 0.4) is 0 Å². The Morgan fingerprint density at radius 3 is 3.11 bits per heavy atom. The molecule has 18 heavy (non-hydrogen) atoms. The summed E-state index contributed by atoms with van der Waals surface area (Å²) in [6.07, 6.45) is 4.95. The molecule has 1 aliphatic heterocycles. The lowest BCUT2D eigenvalue weighted by atomic mass is 10.2. The van der Waals surface area contributed by atoms with E-state index in [4.69, 9.17) is 12.2 Å². The van der Waals surface area contributed by atoms with Gasteiger partial charge in [-0.1, -0.05) is 0 Å². The van der Waals surface area contributed by atoms with Crippen LogP contribution < -0.4 is 0 Å². The highest BCUT2D eigenvalue weighted by atomic mass is 32.2. The van der Waals surface area contributed by atoms with E-state index >= 15 is 0 Å². The van der Waals surface area contributed by atoms with Crippen molar-refractivity contribution in [3.63, 3.8) is 0 Å². The van der Waals surface area contributed by atoms with Crippen molar-refractivity contribution in [3.05, 3.63) is 23.2 Å². The van der Waals surface area contributed by atoms with Crippen molar-refractivity contribution in [1.82, 2.24) is 14.5 Å². The summed E-state index contributed by atoms with van der Waals surface area (Å²) in [5.74, 6) is 0.470. The first kappa shape index (κ1) is 11.9. The third kappa shape index (κ3) is 1.97. The highest BCUT2D eigenvalue weighted by Crippen LogP contribution is 2.27. The zero-order valence-corrected chi connectivity index (χ0v) is 11.3. The van der Waals surface area contributed by atoms with Crippen LogP contribution in [0.15, 0.2) is 18.5 Å². The summed E-state index contributed by atoms with van der Waals surface area (Å²) in [6.45, 7) is 0. The monoisotopic (exact) mass is 283 g/mol. The van der Waals surface area contributed by atoms with E-state index < -0.39 is 9.84 Å². The molecule has 1 unspecified atom stereocenters. The highest BCUT2D eigenvalue weighted by Gasteiger charge is 2.27. The van der Waals surface area contributed by atoms with E-state index in [0.29, 0.717) is 16.9 Å². The molecule has 0 amide bonds. The third-order valence-electron chi connectivity index (χ3n) is 3.32.